The van der Waals surface area contributed by atoms with Crippen LogP contribution in [0.1, 0.15) is 55.4 Å². The molecule has 0 saturated heterocycles. The first-order valence-electron chi connectivity index (χ1n) is 14.3. The average molecular weight is 612 g/mol. The summed E-state index contributed by atoms with van der Waals surface area (Å²) in [4.78, 5) is 29.2. The molecule has 0 aliphatic carbocycles. The molecule has 2 amide bonds. The first kappa shape index (κ1) is 33.1. The number of hydrogen-bond donors (Lipinski definition) is 1. The second-order valence-corrected chi connectivity index (χ2v) is 13.2. The number of carbonyl (C=O) groups is 2. The average Bonchev–Trinajstić information content (AvgIpc) is 2.95. The highest BCUT2D eigenvalue weighted by Crippen LogP contribution is 2.25. The van der Waals surface area contributed by atoms with Gasteiger partial charge >= 0.3 is 0 Å². The maximum atomic E-state index is 14.0. The molecule has 0 radical (unpaired) electrons. The Morgan fingerprint density at radius 2 is 1.64 bits per heavy atom. The number of anilines is 1. The molecule has 0 fully saturated rings. The molecular formula is C33H42ClN3O4S. The highest BCUT2D eigenvalue weighted by Gasteiger charge is 2.31. The monoisotopic (exact) mass is 611 g/mol. The largest absolute Gasteiger partial charge is 0.352 e. The first-order chi connectivity index (χ1) is 19.9. The molecule has 0 unspecified atom stereocenters. The predicted molar refractivity (Wildman–Crippen MR) is 171 cm³/mol. The molecule has 0 bridgehead atoms. The van der Waals surface area contributed by atoms with Crippen molar-refractivity contribution in [3.8, 4) is 0 Å². The van der Waals surface area contributed by atoms with Crippen LogP contribution in [0.4, 0.5) is 5.69 Å². The molecule has 42 heavy (non-hydrogen) atoms. The third-order valence-corrected chi connectivity index (χ3v) is 8.90. The quantitative estimate of drug-likeness (QED) is 0.240. The minimum absolute atomic E-state index is 0.0588. The van der Waals surface area contributed by atoms with E-state index in [4.69, 9.17) is 11.6 Å². The Bertz CT molecular complexity index is 1460. The van der Waals surface area contributed by atoms with Crippen LogP contribution in [0.2, 0.25) is 5.02 Å². The Kier molecular flexibility index (Phi) is 12.0. The fraction of sp³-hybridized carbons (Fsp3) is 0.394. The Morgan fingerprint density at radius 3 is 2.29 bits per heavy atom. The van der Waals surface area contributed by atoms with Gasteiger partial charge in [-0.25, -0.2) is 8.42 Å². The van der Waals surface area contributed by atoms with E-state index in [0.717, 1.165) is 28.7 Å². The smallest absolute Gasteiger partial charge is 0.243 e. The molecular weight excluding hydrogens is 570 g/mol. The van der Waals surface area contributed by atoms with E-state index in [1.807, 2.05) is 94.4 Å². The fourth-order valence-electron chi connectivity index (χ4n) is 4.78. The van der Waals surface area contributed by atoms with Crippen molar-refractivity contribution < 1.29 is 18.0 Å². The summed E-state index contributed by atoms with van der Waals surface area (Å²) in [5.74, 6) is -0.480. The van der Waals surface area contributed by atoms with Crippen molar-refractivity contribution in [2.24, 2.45) is 0 Å². The van der Waals surface area contributed by atoms with Crippen LogP contribution < -0.4 is 9.62 Å². The summed E-state index contributed by atoms with van der Waals surface area (Å²) >= 11 is 6.50. The van der Waals surface area contributed by atoms with Gasteiger partial charge in [0.1, 0.15) is 6.04 Å². The maximum Gasteiger partial charge on any atom is 0.243 e. The number of nitrogens with one attached hydrogen (secondary N) is 1. The Morgan fingerprint density at radius 1 is 0.976 bits per heavy atom. The summed E-state index contributed by atoms with van der Waals surface area (Å²) < 4.78 is 26.9. The number of nitrogens with zero attached hydrogens (tertiary/aromatic N) is 2. The van der Waals surface area contributed by atoms with Gasteiger partial charge in [0.25, 0.3) is 0 Å². The lowest BCUT2D eigenvalue weighted by Gasteiger charge is -2.33. The van der Waals surface area contributed by atoms with Crippen molar-refractivity contribution in [3.05, 3.63) is 100 Å². The third-order valence-electron chi connectivity index (χ3n) is 7.36. The summed E-state index contributed by atoms with van der Waals surface area (Å²) in [7, 11) is -3.59. The van der Waals surface area contributed by atoms with Crippen LogP contribution in [0.3, 0.4) is 0 Å². The lowest BCUT2D eigenvalue weighted by Crippen LogP contribution is -2.52. The van der Waals surface area contributed by atoms with Crippen molar-refractivity contribution >= 4 is 39.1 Å². The Balaban J connectivity index is 1.92. The van der Waals surface area contributed by atoms with E-state index < -0.39 is 16.1 Å². The topological polar surface area (TPSA) is 86.8 Å². The molecule has 0 aliphatic heterocycles. The van der Waals surface area contributed by atoms with Crippen LogP contribution in [0, 0.1) is 13.8 Å². The zero-order valence-electron chi connectivity index (χ0n) is 25.1. The summed E-state index contributed by atoms with van der Waals surface area (Å²) in [6.07, 6.45) is 2.60. The summed E-state index contributed by atoms with van der Waals surface area (Å²) in [5, 5.41) is 3.57. The zero-order valence-corrected chi connectivity index (χ0v) is 26.7. The molecule has 9 heteroatoms. The second-order valence-electron chi connectivity index (χ2n) is 10.9. The fourth-order valence-corrected chi connectivity index (χ4v) is 5.99. The van der Waals surface area contributed by atoms with Gasteiger partial charge < -0.3 is 10.2 Å². The van der Waals surface area contributed by atoms with E-state index in [2.05, 4.69) is 5.32 Å². The minimum Gasteiger partial charge on any atom is -0.352 e. The van der Waals surface area contributed by atoms with Crippen LogP contribution in [-0.4, -0.2) is 50.0 Å². The van der Waals surface area contributed by atoms with Crippen molar-refractivity contribution in [2.75, 3.05) is 17.1 Å². The third kappa shape index (κ3) is 9.33. The maximum absolute atomic E-state index is 14.0. The van der Waals surface area contributed by atoms with Crippen molar-refractivity contribution in [1.29, 1.82) is 0 Å². The number of carbonyl (C=O) groups excluding carboxylic acids is 2. The normalized spacial score (nSPS) is 12.8. The van der Waals surface area contributed by atoms with Crippen molar-refractivity contribution in [1.82, 2.24) is 10.2 Å². The van der Waals surface area contributed by atoms with Gasteiger partial charge in [-0.3, -0.25) is 13.9 Å². The zero-order chi connectivity index (χ0) is 30.9. The van der Waals surface area contributed by atoms with Crippen LogP contribution >= 0.6 is 11.6 Å². The minimum atomic E-state index is -3.59. The van der Waals surface area contributed by atoms with Crippen molar-refractivity contribution in [2.45, 2.75) is 72.0 Å². The van der Waals surface area contributed by atoms with E-state index in [0.29, 0.717) is 17.1 Å². The molecule has 0 aliphatic rings. The molecule has 3 aromatic rings. The molecule has 2 atom stereocenters. The van der Waals surface area contributed by atoms with E-state index >= 15 is 0 Å². The number of sulfonamides is 1. The number of halogens is 1. The van der Waals surface area contributed by atoms with E-state index in [9.17, 15) is 18.0 Å². The highest BCUT2D eigenvalue weighted by atomic mass is 35.5. The molecule has 1 N–H and O–H groups in total. The predicted octanol–water partition coefficient (Wildman–Crippen LogP) is 6.06. The number of benzene rings is 3. The van der Waals surface area contributed by atoms with Gasteiger partial charge in [-0.15, -0.1) is 0 Å². The van der Waals surface area contributed by atoms with E-state index in [1.165, 1.54) is 10.6 Å². The second kappa shape index (κ2) is 15.2. The molecule has 0 saturated carbocycles. The van der Waals surface area contributed by atoms with Crippen LogP contribution in [0.15, 0.2) is 72.8 Å². The lowest BCUT2D eigenvalue weighted by atomic mass is 10.0. The molecule has 0 aromatic heterocycles. The molecule has 3 rings (SSSR count). The Hall–Kier alpha value is -3.36. The van der Waals surface area contributed by atoms with E-state index in [1.54, 1.807) is 11.0 Å². The van der Waals surface area contributed by atoms with Crippen LogP contribution in [0.5, 0.6) is 0 Å². The van der Waals surface area contributed by atoms with Gasteiger partial charge in [-0.05, 0) is 68.0 Å². The molecule has 0 spiro atoms. The van der Waals surface area contributed by atoms with Gasteiger partial charge in [0.05, 0.1) is 11.9 Å². The SMILES string of the molecule is CC[C@H](C)NC(=O)[C@@H](Cc1ccccc1)N(Cc1ccccc1Cl)C(=O)CCCN(c1cc(C)ccc1C)S(C)(=O)=O. The number of aryl methyl sites for hydroxylation is 2. The standard InChI is InChI=1S/C33H42ClN3O4S/c1-6-26(4)35-33(39)31(22-27-13-8-7-9-14-27)36(23-28-15-10-11-16-29(28)34)32(38)17-12-20-37(42(5,40)41)30-21-24(2)18-19-25(30)3/h7-11,13-16,18-19,21,26,31H,6,12,17,20,22-23H2,1-5H3,(H,35,39)/t26-,31+/m0/s1. The summed E-state index contributed by atoms with van der Waals surface area (Å²) in [6.45, 7) is 8.00. The first-order valence-corrected chi connectivity index (χ1v) is 16.6. The van der Waals surface area contributed by atoms with Gasteiger partial charge in [-0.2, -0.15) is 0 Å². The Labute approximate surface area is 255 Å². The molecule has 7 nitrogen and oxygen atoms in total. The summed E-state index contributed by atoms with van der Waals surface area (Å²) in [6, 6.07) is 21.7. The van der Waals surface area contributed by atoms with Crippen LogP contribution in [0.25, 0.3) is 0 Å². The number of rotatable bonds is 14. The lowest BCUT2D eigenvalue weighted by molar-refractivity contribution is -0.141. The van der Waals surface area contributed by atoms with Crippen molar-refractivity contribution in [3.63, 3.8) is 0 Å². The molecule has 226 valence electrons. The molecule has 3 aromatic carbocycles. The van der Waals surface area contributed by atoms with Gasteiger partial charge in [0.15, 0.2) is 0 Å². The summed E-state index contributed by atoms with van der Waals surface area (Å²) in [5.41, 5.74) is 4.05. The van der Waals surface area contributed by atoms with Crippen LogP contribution in [-0.2, 0) is 32.6 Å². The number of amides is 2. The molecule has 0 heterocycles. The number of hydrogen-bond acceptors (Lipinski definition) is 4. The van der Waals surface area contributed by atoms with E-state index in [-0.39, 0.29) is 43.8 Å². The van der Waals surface area contributed by atoms with Gasteiger partial charge in [0.2, 0.25) is 21.8 Å². The highest BCUT2D eigenvalue weighted by molar-refractivity contribution is 7.92. The van der Waals surface area contributed by atoms with Gasteiger partial charge in [-0.1, -0.05) is 79.2 Å². The van der Waals surface area contributed by atoms with Gasteiger partial charge in [0, 0.05) is 37.0 Å².